The maximum atomic E-state index is 13.2. The minimum absolute atomic E-state index is 0.0141. The molecule has 42 heavy (non-hydrogen) atoms. The number of fused-ring (bicyclic) bond motifs is 1. The zero-order valence-corrected chi connectivity index (χ0v) is 23.3. The maximum absolute atomic E-state index is 13.2. The van der Waals surface area contributed by atoms with Crippen molar-refractivity contribution in [2.75, 3.05) is 23.7 Å². The van der Waals surface area contributed by atoms with E-state index in [4.69, 9.17) is 25.4 Å². The van der Waals surface area contributed by atoms with Crippen LogP contribution >= 0.6 is 0 Å². The number of primary amides is 1. The molecule has 0 radical (unpaired) electrons. The minimum atomic E-state index is -3.83. The van der Waals surface area contributed by atoms with Gasteiger partial charge in [-0.3, -0.25) is 4.31 Å². The lowest BCUT2D eigenvalue weighted by Gasteiger charge is -2.27. The summed E-state index contributed by atoms with van der Waals surface area (Å²) >= 11 is 0. The second-order valence-electron chi connectivity index (χ2n) is 10.0. The van der Waals surface area contributed by atoms with Gasteiger partial charge in [0.1, 0.15) is 34.2 Å². The van der Waals surface area contributed by atoms with Crippen LogP contribution in [0.4, 0.5) is 14.9 Å². The zero-order chi connectivity index (χ0) is 30.2. The normalized spacial score (nSPS) is 14.0. The summed E-state index contributed by atoms with van der Waals surface area (Å²) in [6.07, 6.45) is 1.33. The summed E-state index contributed by atoms with van der Waals surface area (Å²) in [5.41, 5.74) is 12.5. The molecule has 0 saturated heterocycles. The van der Waals surface area contributed by atoms with Gasteiger partial charge in [0.25, 0.3) is 0 Å². The van der Waals surface area contributed by atoms with Crippen LogP contribution < -0.4 is 20.5 Å². The topological polar surface area (TPSA) is 175 Å². The largest absolute Gasteiger partial charge is 0.457 e. The lowest BCUT2D eigenvalue weighted by Crippen LogP contribution is -2.43. The van der Waals surface area contributed by atoms with Gasteiger partial charge in [-0.15, -0.1) is 0 Å². The zero-order valence-electron chi connectivity index (χ0n) is 22.4. The Kier molecular flexibility index (Phi) is 7.91. The third kappa shape index (κ3) is 6.22. The maximum Gasteiger partial charge on any atom is 0.412 e. The number of nitrogens with two attached hydrogens (primary N) is 2. The van der Waals surface area contributed by atoms with Gasteiger partial charge in [0.15, 0.2) is 0 Å². The molecule has 1 heterocycles. The number of hydrogen-bond acceptors (Lipinski definition) is 9. The highest BCUT2D eigenvalue weighted by Gasteiger charge is 2.34. The molecule has 1 aliphatic rings. The Morgan fingerprint density at radius 3 is 2.26 bits per heavy atom. The summed E-state index contributed by atoms with van der Waals surface area (Å²) in [6, 6.07) is 14.2. The molecule has 220 valence electrons. The molecule has 0 aliphatic heterocycles. The van der Waals surface area contributed by atoms with Gasteiger partial charge in [0.05, 0.1) is 25.1 Å². The monoisotopic (exact) mass is 597 g/mol. The van der Waals surface area contributed by atoms with Crippen LogP contribution in [0.2, 0.25) is 0 Å². The van der Waals surface area contributed by atoms with Crippen LogP contribution in [0.3, 0.4) is 0 Å². The summed E-state index contributed by atoms with van der Waals surface area (Å²) in [6.45, 7) is -0.609. The molecule has 11 nitrogen and oxygen atoms in total. The van der Waals surface area contributed by atoms with Crippen LogP contribution in [0, 0.1) is 5.82 Å². The number of benzene rings is 3. The number of nitrogens with zero attached hydrogens (tertiary/aromatic N) is 1. The third-order valence-electron chi connectivity index (χ3n) is 6.72. The Hall–Kier alpha value is -4.46. The standard InChI is InChI=1S/C29H28FN3O8S/c1-42(37,38)33(14-19(31)15-34)24-13-25-23(12-22(24)16-2-3-16)26(28(35)41-29(32)36)27(40-25)17-4-8-20(9-5-17)39-21-10-6-18(30)7-11-21/h4-13,16,19,34H,2-3,14-15,31H2,1H3,(H2,32,36). The number of rotatable bonds is 10. The Bertz CT molecular complexity index is 1750. The molecule has 5 rings (SSSR count). The van der Waals surface area contributed by atoms with E-state index in [-0.39, 0.29) is 29.4 Å². The number of carbonyl (C=O) groups excluding carboxylic acids is 2. The Morgan fingerprint density at radius 1 is 1.10 bits per heavy atom. The Balaban J connectivity index is 1.63. The van der Waals surface area contributed by atoms with Crippen LogP contribution in [-0.4, -0.2) is 51.0 Å². The van der Waals surface area contributed by atoms with E-state index in [9.17, 15) is 27.5 Å². The second-order valence-corrected chi connectivity index (χ2v) is 11.9. The summed E-state index contributed by atoms with van der Waals surface area (Å²) in [7, 11) is -3.83. The second kappa shape index (κ2) is 11.4. The number of aliphatic hydroxyl groups excluding tert-OH is 1. The predicted octanol–water partition coefficient (Wildman–Crippen LogP) is 4.23. The van der Waals surface area contributed by atoms with Crippen molar-refractivity contribution in [1.29, 1.82) is 0 Å². The molecule has 0 bridgehead atoms. The van der Waals surface area contributed by atoms with E-state index in [2.05, 4.69) is 0 Å². The van der Waals surface area contributed by atoms with Gasteiger partial charge in [0, 0.05) is 23.1 Å². The fraction of sp³-hybridized carbons (Fsp3) is 0.241. The van der Waals surface area contributed by atoms with Crippen molar-refractivity contribution in [2.45, 2.75) is 24.8 Å². The van der Waals surface area contributed by atoms with Crippen molar-refractivity contribution in [3.8, 4) is 22.8 Å². The van der Waals surface area contributed by atoms with Crippen molar-refractivity contribution >= 4 is 38.7 Å². The van der Waals surface area contributed by atoms with E-state index in [1.807, 2.05) is 0 Å². The van der Waals surface area contributed by atoms with Gasteiger partial charge < -0.3 is 30.5 Å². The van der Waals surface area contributed by atoms with E-state index < -0.39 is 40.6 Å². The van der Waals surface area contributed by atoms with Gasteiger partial charge in [-0.25, -0.2) is 22.4 Å². The number of sulfonamides is 1. The van der Waals surface area contributed by atoms with Crippen molar-refractivity contribution in [2.24, 2.45) is 11.5 Å². The molecule has 1 fully saturated rings. The molecule has 1 atom stereocenters. The molecule has 1 aromatic heterocycles. The number of esters is 1. The van der Waals surface area contributed by atoms with E-state index in [0.717, 1.165) is 23.4 Å². The van der Waals surface area contributed by atoms with Crippen LogP contribution in [0.15, 0.2) is 65.1 Å². The van der Waals surface area contributed by atoms with Crippen molar-refractivity contribution in [3.63, 3.8) is 0 Å². The van der Waals surface area contributed by atoms with E-state index in [0.29, 0.717) is 33.7 Å². The first-order valence-electron chi connectivity index (χ1n) is 12.9. The van der Waals surface area contributed by atoms with Crippen molar-refractivity contribution in [3.05, 3.63) is 77.6 Å². The van der Waals surface area contributed by atoms with Crippen LogP contribution in [-0.2, 0) is 14.8 Å². The smallest absolute Gasteiger partial charge is 0.412 e. The van der Waals surface area contributed by atoms with Gasteiger partial charge in [-0.05, 0) is 78.9 Å². The van der Waals surface area contributed by atoms with E-state index in [1.165, 1.54) is 30.3 Å². The molecule has 1 aliphatic carbocycles. The highest BCUT2D eigenvalue weighted by Crippen LogP contribution is 2.48. The van der Waals surface area contributed by atoms with Gasteiger partial charge >= 0.3 is 12.1 Å². The first-order chi connectivity index (χ1) is 19.9. The molecule has 13 heteroatoms. The van der Waals surface area contributed by atoms with Crippen molar-refractivity contribution in [1.82, 2.24) is 0 Å². The summed E-state index contributed by atoms with van der Waals surface area (Å²) in [5, 5.41) is 9.79. The lowest BCUT2D eigenvalue weighted by molar-refractivity contribution is 0.0640. The molecule has 4 aromatic rings. The first-order valence-corrected chi connectivity index (χ1v) is 14.8. The van der Waals surface area contributed by atoms with Gasteiger partial charge in [-0.2, -0.15) is 0 Å². The number of anilines is 1. The number of aliphatic hydroxyl groups is 1. The lowest BCUT2D eigenvalue weighted by atomic mass is 10.0. The third-order valence-corrected chi connectivity index (χ3v) is 7.87. The average molecular weight is 598 g/mol. The number of hydrogen-bond donors (Lipinski definition) is 3. The molecule has 1 amide bonds. The van der Waals surface area contributed by atoms with Gasteiger partial charge in [-0.1, -0.05) is 0 Å². The molecular weight excluding hydrogens is 569 g/mol. The van der Waals surface area contributed by atoms with Crippen molar-refractivity contribution < 1.29 is 41.4 Å². The van der Waals surface area contributed by atoms with Crippen LogP contribution in [0.1, 0.15) is 34.7 Å². The van der Waals surface area contributed by atoms with Crippen LogP contribution in [0.5, 0.6) is 11.5 Å². The summed E-state index contributed by atoms with van der Waals surface area (Å²) in [4.78, 5) is 24.6. The summed E-state index contributed by atoms with van der Waals surface area (Å²) < 4.78 is 56.6. The van der Waals surface area contributed by atoms with Crippen LogP contribution in [0.25, 0.3) is 22.3 Å². The molecule has 1 saturated carbocycles. The molecular formula is C29H28FN3O8S. The highest BCUT2D eigenvalue weighted by molar-refractivity contribution is 7.92. The Labute approximate surface area is 240 Å². The van der Waals surface area contributed by atoms with Gasteiger partial charge in [0.2, 0.25) is 10.0 Å². The number of furan rings is 1. The molecule has 0 spiro atoms. The minimum Gasteiger partial charge on any atom is -0.457 e. The SMILES string of the molecule is CS(=O)(=O)N(CC(N)CO)c1cc2oc(-c3ccc(Oc4ccc(F)cc4)cc3)c(C(=O)OC(N)=O)c2cc1C1CC1. The molecule has 3 aromatic carbocycles. The first kappa shape index (κ1) is 29.0. The van der Waals surface area contributed by atoms with E-state index >= 15 is 0 Å². The number of halogens is 1. The molecule has 5 N–H and O–H groups in total. The number of ether oxygens (including phenoxy) is 2. The number of carbonyl (C=O) groups is 2. The van der Waals surface area contributed by atoms with E-state index in [1.54, 1.807) is 30.3 Å². The molecule has 1 unspecified atom stereocenters. The Morgan fingerprint density at radius 2 is 1.71 bits per heavy atom. The quantitative estimate of drug-likeness (QED) is 0.178. The predicted molar refractivity (Wildman–Crippen MR) is 152 cm³/mol. The fourth-order valence-electron chi connectivity index (χ4n) is 4.63. The number of amides is 1. The summed E-state index contributed by atoms with van der Waals surface area (Å²) in [5.74, 6) is -0.539. The highest BCUT2D eigenvalue weighted by atomic mass is 32.2. The fourth-order valence-corrected chi connectivity index (χ4v) is 5.61. The average Bonchev–Trinajstić information content (AvgIpc) is 3.71.